The molecule has 0 unspecified atom stereocenters. The minimum atomic E-state index is -0.489. The Kier molecular flexibility index (Phi) is 3.58. The smallest absolute Gasteiger partial charge is 0.263 e. The Hall–Kier alpha value is -2.40. The van der Waals surface area contributed by atoms with Crippen LogP contribution in [0.5, 0.6) is 0 Å². The molecule has 106 valence electrons. The van der Waals surface area contributed by atoms with E-state index in [1.165, 1.54) is 12.1 Å². The summed E-state index contributed by atoms with van der Waals surface area (Å²) in [5.74, 6) is 0.0428. The molecule has 6 heteroatoms. The standard InChI is InChI=1S/C15H11ClFN3O/c16-10-6-4-9(5-7-10)8-13-19-15(21-20-13)14-11(17)2-1-3-12(14)18/h1-7H,8,18H2. The Morgan fingerprint density at radius 3 is 2.62 bits per heavy atom. The van der Waals surface area contributed by atoms with E-state index in [1.807, 2.05) is 12.1 Å². The lowest BCUT2D eigenvalue weighted by molar-refractivity contribution is 0.422. The van der Waals surface area contributed by atoms with Crippen LogP contribution in [0.1, 0.15) is 11.4 Å². The lowest BCUT2D eigenvalue weighted by atomic mass is 10.1. The van der Waals surface area contributed by atoms with Gasteiger partial charge in [0.2, 0.25) is 0 Å². The van der Waals surface area contributed by atoms with E-state index in [2.05, 4.69) is 10.1 Å². The second-order valence-electron chi connectivity index (χ2n) is 4.52. The molecule has 1 aromatic heterocycles. The van der Waals surface area contributed by atoms with Gasteiger partial charge in [0, 0.05) is 17.1 Å². The fraction of sp³-hybridized carbons (Fsp3) is 0.0667. The first-order valence-corrected chi connectivity index (χ1v) is 6.62. The summed E-state index contributed by atoms with van der Waals surface area (Å²) in [5.41, 5.74) is 7.12. The Balaban J connectivity index is 1.88. The van der Waals surface area contributed by atoms with Crippen LogP contribution in [0, 0.1) is 5.82 Å². The molecule has 0 aliphatic rings. The number of benzene rings is 2. The van der Waals surface area contributed by atoms with Crippen molar-refractivity contribution in [2.24, 2.45) is 0 Å². The molecule has 3 rings (SSSR count). The molecule has 0 saturated heterocycles. The predicted molar refractivity (Wildman–Crippen MR) is 78.4 cm³/mol. The monoisotopic (exact) mass is 303 g/mol. The van der Waals surface area contributed by atoms with Crippen LogP contribution in [0.25, 0.3) is 11.5 Å². The van der Waals surface area contributed by atoms with Crippen molar-refractivity contribution in [3.05, 3.63) is 64.7 Å². The van der Waals surface area contributed by atoms with Crippen molar-refractivity contribution in [3.8, 4) is 11.5 Å². The van der Waals surface area contributed by atoms with Gasteiger partial charge in [0.05, 0.1) is 5.56 Å². The van der Waals surface area contributed by atoms with Gasteiger partial charge in [0.15, 0.2) is 5.82 Å². The largest absolute Gasteiger partial charge is 0.398 e. The van der Waals surface area contributed by atoms with E-state index in [-0.39, 0.29) is 17.1 Å². The van der Waals surface area contributed by atoms with Gasteiger partial charge >= 0.3 is 0 Å². The van der Waals surface area contributed by atoms with Crippen molar-refractivity contribution in [2.45, 2.75) is 6.42 Å². The summed E-state index contributed by atoms with van der Waals surface area (Å²) >= 11 is 5.83. The molecule has 0 radical (unpaired) electrons. The van der Waals surface area contributed by atoms with E-state index in [0.29, 0.717) is 17.3 Å². The summed E-state index contributed by atoms with van der Waals surface area (Å²) in [5, 5.41) is 4.51. The van der Waals surface area contributed by atoms with Gasteiger partial charge in [-0.15, -0.1) is 0 Å². The lowest BCUT2D eigenvalue weighted by Crippen LogP contribution is -1.94. The van der Waals surface area contributed by atoms with Crippen LogP contribution < -0.4 is 5.73 Å². The summed E-state index contributed by atoms with van der Waals surface area (Å²) in [6.07, 6.45) is 0.467. The maximum atomic E-state index is 13.8. The van der Waals surface area contributed by atoms with Crippen LogP contribution in [0.2, 0.25) is 5.02 Å². The number of aromatic nitrogens is 2. The molecule has 21 heavy (non-hydrogen) atoms. The van der Waals surface area contributed by atoms with Gasteiger partial charge in [-0.1, -0.05) is 35.0 Å². The fourth-order valence-corrected chi connectivity index (χ4v) is 2.10. The molecule has 0 aliphatic carbocycles. The van der Waals surface area contributed by atoms with Crippen molar-refractivity contribution in [1.82, 2.24) is 10.1 Å². The average Bonchev–Trinajstić information content (AvgIpc) is 2.89. The molecule has 4 nitrogen and oxygen atoms in total. The van der Waals surface area contributed by atoms with Gasteiger partial charge in [-0.2, -0.15) is 4.98 Å². The van der Waals surface area contributed by atoms with Gasteiger partial charge in [-0.3, -0.25) is 0 Å². The number of hydrogen-bond donors (Lipinski definition) is 1. The zero-order valence-electron chi connectivity index (χ0n) is 10.9. The van der Waals surface area contributed by atoms with Crippen molar-refractivity contribution >= 4 is 17.3 Å². The maximum Gasteiger partial charge on any atom is 0.263 e. The summed E-state index contributed by atoms with van der Waals surface area (Å²) in [6.45, 7) is 0. The highest BCUT2D eigenvalue weighted by molar-refractivity contribution is 6.30. The number of nitrogens with zero attached hydrogens (tertiary/aromatic N) is 2. The van der Waals surface area contributed by atoms with Gasteiger partial charge < -0.3 is 10.3 Å². The molecule has 0 spiro atoms. The third kappa shape index (κ3) is 2.87. The van der Waals surface area contributed by atoms with Crippen LogP contribution in [0.3, 0.4) is 0 Å². The highest BCUT2D eigenvalue weighted by atomic mass is 35.5. The molecule has 0 atom stereocenters. The van der Waals surface area contributed by atoms with Crippen LogP contribution in [0.4, 0.5) is 10.1 Å². The van der Waals surface area contributed by atoms with Crippen molar-refractivity contribution in [2.75, 3.05) is 5.73 Å². The minimum Gasteiger partial charge on any atom is -0.398 e. The van der Waals surface area contributed by atoms with Crippen molar-refractivity contribution < 1.29 is 8.91 Å². The number of hydrogen-bond acceptors (Lipinski definition) is 4. The van der Waals surface area contributed by atoms with E-state index < -0.39 is 5.82 Å². The second kappa shape index (κ2) is 5.54. The van der Waals surface area contributed by atoms with E-state index >= 15 is 0 Å². The highest BCUT2D eigenvalue weighted by Gasteiger charge is 2.16. The summed E-state index contributed by atoms with van der Waals surface area (Å²) in [7, 11) is 0. The summed E-state index contributed by atoms with van der Waals surface area (Å²) in [6, 6.07) is 11.7. The van der Waals surface area contributed by atoms with Crippen molar-refractivity contribution in [1.29, 1.82) is 0 Å². The minimum absolute atomic E-state index is 0.0783. The zero-order chi connectivity index (χ0) is 14.8. The highest BCUT2D eigenvalue weighted by Crippen LogP contribution is 2.27. The van der Waals surface area contributed by atoms with Crippen LogP contribution in [0.15, 0.2) is 47.0 Å². The van der Waals surface area contributed by atoms with E-state index in [9.17, 15) is 4.39 Å². The lowest BCUT2D eigenvalue weighted by Gasteiger charge is -2.00. The van der Waals surface area contributed by atoms with E-state index in [0.717, 1.165) is 5.56 Å². The topological polar surface area (TPSA) is 64.9 Å². The molecule has 2 aromatic carbocycles. The summed E-state index contributed by atoms with van der Waals surface area (Å²) in [4.78, 5) is 4.19. The molecular formula is C15H11ClFN3O. The molecule has 0 bridgehead atoms. The molecular weight excluding hydrogens is 293 g/mol. The Morgan fingerprint density at radius 2 is 1.90 bits per heavy atom. The van der Waals surface area contributed by atoms with Crippen LogP contribution >= 0.6 is 11.6 Å². The predicted octanol–water partition coefficient (Wildman–Crippen LogP) is 3.70. The molecule has 3 aromatic rings. The molecule has 1 heterocycles. The molecule has 0 aliphatic heterocycles. The number of nitrogens with two attached hydrogens (primary N) is 1. The normalized spacial score (nSPS) is 10.8. The Bertz CT molecular complexity index is 751. The number of halogens is 2. The number of nitrogen functional groups attached to an aromatic ring is 1. The van der Waals surface area contributed by atoms with Gasteiger partial charge in [-0.05, 0) is 29.8 Å². The van der Waals surface area contributed by atoms with Crippen LogP contribution in [-0.4, -0.2) is 10.1 Å². The van der Waals surface area contributed by atoms with Gasteiger partial charge in [-0.25, -0.2) is 4.39 Å². The quantitative estimate of drug-likeness (QED) is 0.749. The Labute approximate surface area is 125 Å². The maximum absolute atomic E-state index is 13.8. The zero-order valence-corrected chi connectivity index (χ0v) is 11.6. The first kappa shape index (κ1) is 13.6. The first-order valence-electron chi connectivity index (χ1n) is 6.25. The number of rotatable bonds is 3. The molecule has 0 saturated carbocycles. The van der Waals surface area contributed by atoms with Crippen LogP contribution in [-0.2, 0) is 6.42 Å². The molecule has 2 N–H and O–H groups in total. The Morgan fingerprint density at radius 1 is 1.14 bits per heavy atom. The van der Waals surface area contributed by atoms with Gasteiger partial charge in [0.25, 0.3) is 5.89 Å². The molecule has 0 amide bonds. The van der Waals surface area contributed by atoms with E-state index in [1.54, 1.807) is 18.2 Å². The van der Waals surface area contributed by atoms with Crippen molar-refractivity contribution in [3.63, 3.8) is 0 Å². The third-order valence-electron chi connectivity index (χ3n) is 3.00. The third-order valence-corrected chi connectivity index (χ3v) is 3.26. The first-order chi connectivity index (χ1) is 10.1. The SMILES string of the molecule is Nc1cccc(F)c1-c1nc(Cc2ccc(Cl)cc2)no1. The fourth-order valence-electron chi connectivity index (χ4n) is 1.98. The second-order valence-corrected chi connectivity index (χ2v) is 4.96. The van der Waals surface area contributed by atoms with E-state index in [4.69, 9.17) is 21.9 Å². The number of anilines is 1. The average molecular weight is 304 g/mol. The summed E-state index contributed by atoms with van der Waals surface area (Å²) < 4.78 is 18.9. The van der Waals surface area contributed by atoms with Gasteiger partial charge in [0.1, 0.15) is 5.82 Å². The molecule has 0 fully saturated rings.